The molecule has 0 saturated carbocycles. The highest BCUT2D eigenvalue weighted by atomic mass is 16.5. The van der Waals surface area contributed by atoms with Gasteiger partial charge in [-0.3, -0.25) is 0 Å². The van der Waals surface area contributed by atoms with Crippen molar-refractivity contribution >= 4 is 0 Å². The van der Waals surface area contributed by atoms with Crippen molar-refractivity contribution in [1.82, 2.24) is 4.98 Å². The molecule has 0 atom stereocenters. The van der Waals surface area contributed by atoms with Crippen LogP contribution < -0.4 is 4.74 Å². The SMILES string of the molecule is N#Cc1ccc(-c2cc(-c3ccccc3)nc(-c3ccc4c(c3)Oc3ccccc3C4(c3ccccc3)c3ccccc3)c2)cc1. The Labute approximate surface area is 268 Å². The Bertz CT molecular complexity index is 2180. The Morgan fingerprint density at radius 1 is 0.457 bits per heavy atom. The molecule has 0 saturated heterocycles. The van der Waals surface area contributed by atoms with Crippen molar-refractivity contribution in [3.63, 3.8) is 0 Å². The van der Waals surface area contributed by atoms with Gasteiger partial charge in [0.05, 0.1) is 28.4 Å². The van der Waals surface area contributed by atoms with Gasteiger partial charge in [0.1, 0.15) is 11.5 Å². The van der Waals surface area contributed by atoms with Gasteiger partial charge in [-0.25, -0.2) is 4.98 Å². The van der Waals surface area contributed by atoms with Crippen LogP contribution in [-0.2, 0) is 5.41 Å². The van der Waals surface area contributed by atoms with Gasteiger partial charge in [0.2, 0.25) is 0 Å². The van der Waals surface area contributed by atoms with Crippen LogP contribution in [0.25, 0.3) is 33.6 Å². The number of hydrogen-bond donors (Lipinski definition) is 0. The number of pyridine rings is 1. The first-order chi connectivity index (χ1) is 22.7. The number of nitrogens with zero attached hydrogens (tertiary/aromatic N) is 2. The van der Waals surface area contributed by atoms with E-state index in [0.29, 0.717) is 5.56 Å². The Balaban J connectivity index is 1.35. The first kappa shape index (κ1) is 27.3. The summed E-state index contributed by atoms with van der Waals surface area (Å²) in [4.78, 5) is 5.17. The monoisotopic (exact) mass is 588 g/mol. The number of nitriles is 1. The summed E-state index contributed by atoms with van der Waals surface area (Å²) in [6.07, 6.45) is 0. The Kier molecular flexibility index (Phi) is 6.74. The molecule has 46 heavy (non-hydrogen) atoms. The molecule has 0 spiro atoms. The molecule has 3 heteroatoms. The molecule has 3 nitrogen and oxygen atoms in total. The lowest BCUT2D eigenvalue weighted by molar-refractivity contribution is 0.434. The highest BCUT2D eigenvalue weighted by molar-refractivity contribution is 5.79. The average molecular weight is 589 g/mol. The van der Waals surface area contributed by atoms with Crippen LogP contribution in [0.3, 0.4) is 0 Å². The molecule has 0 fully saturated rings. The Hall–Kier alpha value is -6.24. The zero-order valence-corrected chi connectivity index (χ0v) is 25.0. The van der Waals surface area contributed by atoms with Gasteiger partial charge in [0, 0.05) is 22.3 Å². The largest absolute Gasteiger partial charge is 0.457 e. The Morgan fingerprint density at radius 2 is 1.00 bits per heavy atom. The molecule has 1 aliphatic heterocycles. The third-order valence-electron chi connectivity index (χ3n) is 8.85. The number of fused-ring (bicyclic) bond motifs is 2. The predicted octanol–water partition coefficient (Wildman–Crippen LogP) is 10.4. The van der Waals surface area contributed by atoms with Crippen LogP contribution in [0.5, 0.6) is 11.5 Å². The fourth-order valence-corrected chi connectivity index (χ4v) is 6.71. The first-order valence-corrected chi connectivity index (χ1v) is 15.4. The van der Waals surface area contributed by atoms with Gasteiger partial charge in [-0.2, -0.15) is 5.26 Å². The van der Waals surface area contributed by atoms with Crippen molar-refractivity contribution in [2.24, 2.45) is 0 Å². The smallest absolute Gasteiger partial charge is 0.132 e. The molecular weight excluding hydrogens is 560 g/mol. The quantitative estimate of drug-likeness (QED) is 0.201. The van der Waals surface area contributed by atoms with Crippen LogP contribution in [0.15, 0.2) is 170 Å². The van der Waals surface area contributed by atoms with Crippen LogP contribution in [0.2, 0.25) is 0 Å². The second-order valence-electron chi connectivity index (χ2n) is 11.5. The van der Waals surface area contributed by atoms with Crippen molar-refractivity contribution in [2.75, 3.05) is 0 Å². The molecular formula is C43H28N2O. The number of para-hydroxylation sites is 1. The van der Waals surface area contributed by atoms with Crippen LogP contribution in [-0.4, -0.2) is 4.98 Å². The Morgan fingerprint density at radius 3 is 1.65 bits per heavy atom. The summed E-state index contributed by atoms with van der Waals surface area (Å²) in [5.74, 6) is 1.64. The molecule has 0 N–H and O–H groups in total. The van der Waals surface area contributed by atoms with E-state index in [0.717, 1.165) is 56.3 Å². The van der Waals surface area contributed by atoms with Gasteiger partial charge in [-0.15, -0.1) is 0 Å². The molecule has 6 aromatic carbocycles. The van der Waals surface area contributed by atoms with E-state index in [4.69, 9.17) is 9.72 Å². The fourth-order valence-electron chi connectivity index (χ4n) is 6.71. The summed E-state index contributed by atoms with van der Waals surface area (Å²) in [7, 11) is 0. The van der Waals surface area contributed by atoms with Crippen LogP contribution in [0, 0.1) is 11.3 Å². The van der Waals surface area contributed by atoms with Crippen molar-refractivity contribution in [2.45, 2.75) is 5.41 Å². The third-order valence-corrected chi connectivity index (χ3v) is 8.85. The molecule has 0 aliphatic carbocycles. The minimum Gasteiger partial charge on any atom is -0.457 e. The average Bonchev–Trinajstić information content (AvgIpc) is 3.14. The van der Waals surface area contributed by atoms with E-state index in [-0.39, 0.29) is 0 Å². The lowest BCUT2D eigenvalue weighted by Gasteiger charge is -2.41. The number of benzene rings is 6. The van der Waals surface area contributed by atoms with Gasteiger partial charge in [-0.05, 0) is 58.7 Å². The lowest BCUT2D eigenvalue weighted by Crippen LogP contribution is -2.34. The van der Waals surface area contributed by atoms with E-state index < -0.39 is 5.41 Å². The van der Waals surface area contributed by atoms with E-state index >= 15 is 0 Å². The van der Waals surface area contributed by atoms with E-state index in [9.17, 15) is 5.26 Å². The van der Waals surface area contributed by atoms with Crippen molar-refractivity contribution in [1.29, 1.82) is 5.26 Å². The normalized spacial score (nSPS) is 12.7. The second-order valence-corrected chi connectivity index (χ2v) is 11.5. The number of hydrogen-bond acceptors (Lipinski definition) is 3. The molecule has 7 aromatic rings. The fraction of sp³-hybridized carbons (Fsp3) is 0.0233. The molecule has 1 aliphatic rings. The van der Waals surface area contributed by atoms with Crippen LogP contribution in [0.4, 0.5) is 0 Å². The first-order valence-electron chi connectivity index (χ1n) is 15.4. The zero-order chi connectivity index (χ0) is 30.9. The van der Waals surface area contributed by atoms with Gasteiger partial charge < -0.3 is 4.74 Å². The molecule has 0 amide bonds. The van der Waals surface area contributed by atoms with E-state index in [1.807, 2.05) is 48.5 Å². The standard InChI is InChI=1S/C43H28N2O/c44-29-30-20-22-31(23-21-30)34-26-39(32-12-4-1-5-13-32)45-40(27-34)33-24-25-38-42(28-33)46-41-19-11-10-18-37(41)43(38,35-14-6-2-7-15-35)36-16-8-3-9-17-36/h1-28H. The molecule has 8 rings (SSSR count). The van der Waals surface area contributed by atoms with E-state index in [1.54, 1.807) is 0 Å². The minimum absolute atomic E-state index is 0.571. The lowest BCUT2D eigenvalue weighted by atomic mass is 9.63. The topological polar surface area (TPSA) is 45.9 Å². The molecule has 1 aromatic heterocycles. The van der Waals surface area contributed by atoms with Crippen LogP contribution >= 0.6 is 0 Å². The number of ether oxygens (including phenoxy) is 1. The van der Waals surface area contributed by atoms with E-state index in [2.05, 4.69) is 127 Å². The zero-order valence-electron chi connectivity index (χ0n) is 25.0. The van der Waals surface area contributed by atoms with Gasteiger partial charge in [-0.1, -0.05) is 133 Å². The summed E-state index contributed by atoms with van der Waals surface area (Å²) in [5, 5.41) is 9.35. The molecule has 216 valence electrons. The highest BCUT2D eigenvalue weighted by Crippen LogP contribution is 2.55. The highest BCUT2D eigenvalue weighted by Gasteiger charge is 2.45. The minimum atomic E-state index is -0.571. The maximum absolute atomic E-state index is 9.35. The van der Waals surface area contributed by atoms with Gasteiger partial charge in [0.25, 0.3) is 0 Å². The van der Waals surface area contributed by atoms with Crippen molar-refractivity contribution in [3.05, 3.63) is 198 Å². The van der Waals surface area contributed by atoms with Crippen molar-refractivity contribution in [3.8, 4) is 51.2 Å². The summed E-state index contributed by atoms with van der Waals surface area (Å²) in [6, 6.07) is 60.6. The molecule has 0 radical (unpaired) electrons. The maximum atomic E-state index is 9.35. The second kappa shape index (κ2) is 11.4. The number of rotatable bonds is 5. The van der Waals surface area contributed by atoms with Crippen molar-refractivity contribution < 1.29 is 4.74 Å². The van der Waals surface area contributed by atoms with E-state index in [1.165, 1.54) is 11.1 Å². The summed E-state index contributed by atoms with van der Waals surface area (Å²) in [5.41, 5.74) is 10.4. The van der Waals surface area contributed by atoms with Gasteiger partial charge >= 0.3 is 0 Å². The summed E-state index contributed by atoms with van der Waals surface area (Å²) < 4.78 is 6.73. The predicted molar refractivity (Wildman–Crippen MR) is 184 cm³/mol. The summed E-state index contributed by atoms with van der Waals surface area (Å²) in [6.45, 7) is 0. The molecule has 2 heterocycles. The molecule has 0 bridgehead atoms. The summed E-state index contributed by atoms with van der Waals surface area (Å²) >= 11 is 0. The molecule has 0 unspecified atom stereocenters. The van der Waals surface area contributed by atoms with Crippen LogP contribution in [0.1, 0.15) is 27.8 Å². The maximum Gasteiger partial charge on any atom is 0.132 e. The third kappa shape index (κ3) is 4.56. The van der Waals surface area contributed by atoms with Gasteiger partial charge in [0.15, 0.2) is 0 Å². The number of aromatic nitrogens is 1.